The third-order valence-corrected chi connectivity index (χ3v) is 4.11. The minimum absolute atomic E-state index is 0.0280. The summed E-state index contributed by atoms with van der Waals surface area (Å²) in [6.45, 7) is 0.877. The van der Waals surface area contributed by atoms with Crippen LogP contribution in [0.4, 0.5) is 13.2 Å². The fourth-order valence-electron chi connectivity index (χ4n) is 1.57. The molecule has 17 heavy (non-hydrogen) atoms. The molecule has 2 unspecified atom stereocenters. The van der Waals surface area contributed by atoms with Crippen LogP contribution in [0.1, 0.15) is 13.3 Å². The van der Waals surface area contributed by atoms with Gasteiger partial charge in [0, 0.05) is 13.2 Å². The van der Waals surface area contributed by atoms with E-state index in [1.807, 2.05) is 6.92 Å². The average molecular weight is 271 g/mol. The standard InChI is InChI=1S/C10H16F3NO2S/c1-7(4-15)5-17-8-2-3-14(9(8)16)6-10(11,12)13/h7-8,15H,2-6H2,1H3. The van der Waals surface area contributed by atoms with Crippen LogP contribution in [0.3, 0.4) is 0 Å². The second-order valence-electron chi connectivity index (χ2n) is 4.27. The maximum Gasteiger partial charge on any atom is 0.406 e. The number of aliphatic hydroxyl groups excluding tert-OH is 1. The molecule has 2 atom stereocenters. The first-order chi connectivity index (χ1) is 7.83. The number of carbonyl (C=O) groups excluding carboxylic acids is 1. The lowest BCUT2D eigenvalue weighted by Gasteiger charge is -2.18. The predicted octanol–water partition coefficient (Wildman–Crippen LogP) is 1.51. The molecule has 1 rings (SSSR count). The van der Waals surface area contributed by atoms with Gasteiger partial charge in [-0.2, -0.15) is 13.2 Å². The zero-order valence-electron chi connectivity index (χ0n) is 9.54. The molecule has 0 spiro atoms. The Hall–Kier alpha value is -0.430. The van der Waals surface area contributed by atoms with Gasteiger partial charge in [0.2, 0.25) is 5.91 Å². The molecule has 0 aromatic heterocycles. The maximum absolute atomic E-state index is 12.1. The zero-order chi connectivity index (χ0) is 13.1. The smallest absolute Gasteiger partial charge is 0.396 e. The zero-order valence-corrected chi connectivity index (χ0v) is 10.4. The number of alkyl halides is 3. The van der Waals surface area contributed by atoms with E-state index in [0.29, 0.717) is 12.2 Å². The molecular formula is C10H16F3NO2S. The van der Waals surface area contributed by atoms with Crippen molar-refractivity contribution in [2.24, 2.45) is 5.92 Å². The van der Waals surface area contributed by atoms with Crippen LogP contribution in [0, 0.1) is 5.92 Å². The van der Waals surface area contributed by atoms with Crippen molar-refractivity contribution in [1.29, 1.82) is 0 Å². The van der Waals surface area contributed by atoms with Crippen molar-refractivity contribution in [1.82, 2.24) is 4.90 Å². The minimum atomic E-state index is -4.33. The van der Waals surface area contributed by atoms with E-state index in [4.69, 9.17) is 5.11 Å². The first kappa shape index (κ1) is 14.6. The molecule has 1 aliphatic heterocycles. The second-order valence-corrected chi connectivity index (χ2v) is 5.51. The summed E-state index contributed by atoms with van der Waals surface area (Å²) in [4.78, 5) is 12.5. The van der Waals surface area contributed by atoms with Crippen molar-refractivity contribution in [3.63, 3.8) is 0 Å². The topological polar surface area (TPSA) is 40.5 Å². The molecule has 0 aromatic rings. The number of hydrogen-bond acceptors (Lipinski definition) is 3. The largest absolute Gasteiger partial charge is 0.406 e. The van der Waals surface area contributed by atoms with Crippen molar-refractivity contribution in [2.75, 3.05) is 25.4 Å². The lowest BCUT2D eigenvalue weighted by Crippen LogP contribution is -2.36. The van der Waals surface area contributed by atoms with Gasteiger partial charge in [-0.3, -0.25) is 4.79 Å². The summed E-state index contributed by atoms with van der Waals surface area (Å²) < 4.78 is 36.4. The van der Waals surface area contributed by atoms with Crippen molar-refractivity contribution >= 4 is 17.7 Å². The Bertz CT molecular complexity index is 273. The monoisotopic (exact) mass is 271 g/mol. The van der Waals surface area contributed by atoms with E-state index in [9.17, 15) is 18.0 Å². The molecule has 1 saturated heterocycles. The lowest BCUT2D eigenvalue weighted by molar-refractivity contribution is -0.157. The first-order valence-corrected chi connectivity index (χ1v) is 6.46. The highest BCUT2D eigenvalue weighted by Crippen LogP contribution is 2.28. The Morgan fingerprint density at radius 2 is 2.24 bits per heavy atom. The molecular weight excluding hydrogens is 255 g/mol. The minimum Gasteiger partial charge on any atom is -0.396 e. The van der Waals surface area contributed by atoms with Gasteiger partial charge in [-0.05, 0) is 18.1 Å². The normalized spacial score (nSPS) is 23.2. The van der Waals surface area contributed by atoms with Gasteiger partial charge >= 0.3 is 6.18 Å². The second kappa shape index (κ2) is 5.95. The van der Waals surface area contributed by atoms with E-state index >= 15 is 0 Å². The number of halogens is 3. The summed E-state index contributed by atoms with van der Waals surface area (Å²) >= 11 is 1.34. The molecule has 1 heterocycles. The van der Waals surface area contributed by atoms with Gasteiger partial charge in [0.25, 0.3) is 0 Å². The molecule has 1 aliphatic rings. The quantitative estimate of drug-likeness (QED) is 0.824. The van der Waals surface area contributed by atoms with Gasteiger partial charge in [-0.25, -0.2) is 0 Å². The van der Waals surface area contributed by atoms with E-state index < -0.39 is 18.6 Å². The van der Waals surface area contributed by atoms with E-state index in [1.54, 1.807) is 0 Å². The van der Waals surface area contributed by atoms with Gasteiger partial charge < -0.3 is 10.0 Å². The number of carbonyl (C=O) groups is 1. The molecule has 0 radical (unpaired) electrons. The number of aliphatic hydroxyl groups is 1. The Balaban J connectivity index is 2.39. The predicted molar refractivity (Wildman–Crippen MR) is 59.7 cm³/mol. The van der Waals surface area contributed by atoms with Crippen LogP contribution in [0.25, 0.3) is 0 Å². The van der Waals surface area contributed by atoms with Crippen LogP contribution in [-0.4, -0.2) is 52.8 Å². The van der Waals surface area contributed by atoms with Crippen molar-refractivity contribution < 1.29 is 23.1 Å². The molecule has 0 aromatic carbocycles. The number of rotatable bonds is 5. The Kier molecular flexibility index (Phi) is 5.12. The lowest BCUT2D eigenvalue weighted by atomic mass is 10.2. The van der Waals surface area contributed by atoms with Crippen LogP contribution in [-0.2, 0) is 4.79 Å². The Morgan fingerprint density at radius 3 is 2.76 bits per heavy atom. The molecule has 7 heteroatoms. The maximum atomic E-state index is 12.1. The Morgan fingerprint density at radius 1 is 1.59 bits per heavy atom. The third kappa shape index (κ3) is 4.75. The summed E-state index contributed by atoms with van der Waals surface area (Å²) in [5.74, 6) is 0.217. The highest BCUT2D eigenvalue weighted by Gasteiger charge is 2.39. The summed E-state index contributed by atoms with van der Waals surface area (Å²) in [5, 5.41) is 8.44. The van der Waals surface area contributed by atoms with E-state index in [0.717, 1.165) is 4.90 Å². The molecule has 1 N–H and O–H groups in total. The number of hydrogen-bond donors (Lipinski definition) is 1. The molecule has 0 saturated carbocycles. The van der Waals surface area contributed by atoms with Gasteiger partial charge in [-0.1, -0.05) is 6.92 Å². The van der Waals surface area contributed by atoms with E-state index in [-0.39, 0.29) is 24.3 Å². The van der Waals surface area contributed by atoms with Crippen LogP contribution >= 0.6 is 11.8 Å². The van der Waals surface area contributed by atoms with Crippen LogP contribution in [0.2, 0.25) is 0 Å². The molecule has 0 aliphatic carbocycles. The summed E-state index contributed by atoms with van der Waals surface area (Å²) in [6, 6.07) is 0. The van der Waals surface area contributed by atoms with Crippen molar-refractivity contribution in [3.05, 3.63) is 0 Å². The summed E-state index contributed by atoms with van der Waals surface area (Å²) in [5.41, 5.74) is 0. The molecule has 100 valence electrons. The number of nitrogens with zero attached hydrogens (tertiary/aromatic N) is 1. The van der Waals surface area contributed by atoms with Gasteiger partial charge in [-0.15, -0.1) is 11.8 Å². The van der Waals surface area contributed by atoms with Crippen molar-refractivity contribution in [3.8, 4) is 0 Å². The molecule has 1 amide bonds. The molecule has 3 nitrogen and oxygen atoms in total. The number of amides is 1. The highest BCUT2D eigenvalue weighted by molar-refractivity contribution is 8.00. The fraction of sp³-hybridized carbons (Fsp3) is 0.900. The van der Waals surface area contributed by atoms with E-state index in [1.165, 1.54) is 11.8 Å². The van der Waals surface area contributed by atoms with Gasteiger partial charge in [0.1, 0.15) is 6.54 Å². The molecule has 1 fully saturated rings. The SMILES string of the molecule is CC(CO)CSC1CCN(CC(F)(F)F)C1=O. The van der Waals surface area contributed by atoms with Crippen LogP contribution in [0.15, 0.2) is 0 Å². The molecule has 0 bridgehead atoms. The average Bonchev–Trinajstić information content (AvgIpc) is 2.55. The van der Waals surface area contributed by atoms with Crippen LogP contribution < -0.4 is 0 Å². The summed E-state index contributed by atoms with van der Waals surface area (Å²) in [6.07, 6.45) is -3.87. The van der Waals surface area contributed by atoms with Crippen molar-refractivity contribution in [2.45, 2.75) is 24.8 Å². The summed E-state index contributed by atoms with van der Waals surface area (Å²) in [7, 11) is 0. The van der Waals surface area contributed by atoms with Gasteiger partial charge in [0.05, 0.1) is 5.25 Å². The highest BCUT2D eigenvalue weighted by atomic mass is 32.2. The van der Waals surface area contributed by atoms with E-state index in [2.05, 4.69) is 0 Å². The first-order valence-electron chi connectivity index (χ1n) is 5.41. The third-order valence-electron chi connectivity index (χ3n) is 2.51. The van der Waals surface area contributed by atoms with Gasteiger partial charge in [0.15, 0.2) is 0 Å². The van der Waals surface area contributed by atoms with Crippen LogP contribution in [0.5, 0.6) is 0 Å². The fourth-order valence-corrected chi connectivity index (χ4v) is 2.80. The number of likely N-dealkylation sites (tertiary alicyclic amines) is 1. The number of thioether (sulfide) groups is 1. The Labute approximate surface area is 102 Å².